The number of pyridine rings is 2. The monoisotopic (exact) mass is 501 g/mol. The fourth-order valence-electron chi connectivity index (χ4n) is 5.93. The SMILES string of the molecule is CCN(CC)c1nc2c3c(nc4c(c3c1C#N)CC(=O)N4c1ccc(Cl)cc1)NC1(CCCCC1)N2. The summed E-state index contributed by atoms with van der Waals surface area (Å²) in [6.07, 6.45) is 5.50. The number of nitrogens with zero attached hydrogens (tertiary/aromatic N) is 5. The number of hydrogen-bond donors (Lipinski definition) is 2. The molecule has 1 aromatic carbocycles. The maximum atomic E-state index is 13.4. The van der Waals surface area contributed by atoms with E-state index in [1.807, 2.05) is 12.1 Å². The third-order valence-electron chi connectivity index (χ3n) is 7.68. The van der Waals surface area contributed by atoms with Crippen molar-refractivity contribution >= 4 is 57.2 Å². The first kappa shape index (κ1) is 22.9. The Morgan fingerprint density at radius 1 is 1.06 bits per heavy atom. The second-order valence-electron chi connectivity index (χ2n) is 9.73. The lowest BCUT2D eigenvalue weighted by Crippen LogP contribution is -2.50. The summed E-state index contributed by atoms with van der Waals surface area (Å²) in [4.78, 5) is 27.2. The minimum absolute atomic E-state index is 0.0792. The van der Waals surface area contributed by atoms with Gasteiger partial charge in [-0.2, -0.15) is 5.26 Å². The summed E-state index contributed by atoms with van der Waals surface area (Å²) in [5.41, 5.74) is 1.63. The number of amides is 1. The second kappa shape index (κ2) is 8.52. The van der Waals surface area contributed by atoms with Gasteiger partial charge in [-0.25, -0.2) is 9.97 Å². The number of nitriles is 1. The number of anilines is 5. The van der Waals surface area contributed by atoms with Gasteiger partial charge >= 0.3 is 0 Å². The highest BCUT2D eigenvalue weighted by Crippen LogP contribution is 2.49. The molecule has 0 unspecified atom stereocenters. The van der Waals surface area contributed by atoms with E-state index in [0.29, 0.717) is 33.7 Å². The third kappa shape index (κ3) is 3.37. The van der Waals surface area contributed by atoms with E-state index in [0.717, 1.165) is 60.9 Å². The molecule has 0 bridgehead atoms. The highest BCUT2D eigenvalue weighted by molar-refractivity contribution is 6.30. The molecule has 1 aliphatic carbocycles. The number of carbonyl (C=O) groups excluding carboxylic acids is 1. The van der Waals surface area contributed by atoms with Gasteiger partial charge in [0.05, 0.1) is 17.5 Å². The van der Waals surface area contributed by atoms with Crippen LogP contribution in [0.25, 0.3) is 10.8 Å². The van der Waals surface area contributed by atoms with Gasteiger partial charge in [-0.15, -0.1) is 0 Å². The smallest absolute Gasteiger partial charge is 0.237 e. The Labute approximate surface area is 215 Å². The lowest BCUT2D eigenvalue weighted by molar-refractivity contribution is -0.116. The molecule has 0 radical (unpaired) electrons. The number of benzene rings is 1. The highest BCUT2D eigenvalue weighted by atomic mass is 35.5. The fraction of sp³-hybridized carbons (Fsp3) is 0.407. The normalized spacial score (nSPS) is 17.5. The number of rotatable bonds is 4. The predicted molar refractivity (Wildman–Crippen MR) is 143 cm³/mol. The van der Waals surface area contributed by atoms with Gasteiger partial charge in [0.25, 0.3) is 0 Å². The van der Waals surface area contributed by atoms with E-state index >= 15 is 0 Å². The number of aromatic nitrogens is 2. The van der Waals surface area contributed by atoms with Gasteiger partial charge in [0.15, 0.2) is 0 Å². The van der Waals surface area contributed by atoms with Crippen LogP contribution in [0.5, 0.6) is 0 Å². The maximum absolute atomic E-state index is 13.4. The molecule has 0 atom stereocenters. The number of hydrogen-bond acceptors (Lipinski definition) is 7. The molecule has 8 nitrogen and oxygen atoms in total. The van der Waals surface area contributed by atoms with Crippen molar-refractivity contribution in [3.63, 3.8) is 0 Å². The van der Waals surface area contributed by atoms with Crippen LogP contribution in [0.2, 0.25) is 5.02 Å². The van der Waals surface area contributed by atoms with Gasteiger partial charge in [0.2, 0.25) is 5.91 Å². The predicted octanol–water partition coefficient (Wildman–Crippen LogP) is 5.72. The molecule has 36 heavy (non-hydrogen) atoms. The zero-order valence-electron chi connectivity index (χ0n) is 20.5. The molecule has 9 heteroatoms. The maximum Gasteiger partial charge on any atom is 0.237 e. The minimum Gasteiger partial charge on any atom is -0.356 e. The third-order valence-corrected chi connectivity index (χ3v) is 7.93. The van der Waals surface area contributed by atoms with E-state index in [2.05, 4.69) is 35.5 Å². The Bertz CT molecular complexity index is 1420. The topological polar surface area (TPSA) is 97.2 Å². The van der Waals surface area contributed by atoms with Crippen molar-refractivity contribution in [2.45, 2.75) is 58.0 Å². The first-order valence-electron chi connectivity index (χ1n) is 12.7. The lowest BCUT2D eigenvalue weighted by Gasteiger charge is -2.43. The highest BCUT2D eigenvalue weighted by Gasteiger charge is 2.42. The molecule has 1 amide bonds. The Morgan fingerprint density at radius 3 is 2.36 bits per heavy atom. The summed E-state index contributed by atoms with van der Waals surface area (Å²) in [7, 11) is 0. The van der Waals surface area contributed by atoms with Gasteiger partial charge in [0, 0.05) is 29.1 Å². The molecule has 4 heterocycles. The summed E-state index contributed by atoms with van der Waals surface area (Å²) in [5.74, 6) is 2.58. The van der Waals surface area contributed by atoms with Crippen LogP contribution in [0.15, 0.2) is 24.3 Å². The zero-order valence-corrected chi connectivity index (χ0v) is 21.2. The van der Waals surface area contributed by atoms with Crippen LogP contribution >= 0.6 is 11.6 Å². The molecule has 1 fully saturated rings. The van der Waals surface area contributed by atoms with E-state index in [1.54, 1.807) is 17.0 Å². The first-order valence-corrected chi connectivity index (χ1v) is 13.1. The van der Waals surface area contributed by atoms with Gasteiger partial charge in [0.1, 0.15) is 40.6 Å². The Balaban J connectivity index is 1.66. The van der Waals surface area contributed by atoms with E-state index < -0.39 is 0 Å². The van der Waals surface area contributed by atoms with E-state index in [4.69, 9.17) is 21.6 Å². The quantitative estimate of drug-likeness (QED) is 0.471. The average molecular weight is 502 g/mol. The number of fused-ring (bicyclic) bond motifs is 2. The first-order chi connectivity index (χ1) is 17.5. The average Bonchev–Trinajstić information content (AvgIpc) is 3.21. The van der Waals surface area contributed by atoms with Crippen LogP contribution in [0.4, 0.5) is 29.0 Å². The van der Waals surface area contributed by atoms with Crippen LogP contribution in [0.3, 0.4) is 0 Å². The Kier molecular flexibility index (Phi) is 5.41. The molecule has 3 aromatic rings. The van der Waals surface area contributed by atoms with Crippen molar-refractivity contribution in [3.8, 4) is 6.07 Å². The fourth-order valence-corrected chi connectivity index (χ4v) is 6.06. The minimum atomic E-state index is -0.338. The molecular weight excluding hydrogens is 474 g/mol. The molecule has 6 rings (SSSR count). The molecule has 1 spiro atoms. The molecule has 0 saturated heterocycles. The van der Waals surface area contributed by atoms with Gasteiger partial charge in [-0.1, -0.05) is 18.0 Å². The lowest BCUT2D eigenvalue weighted by atomic mass is 9.87. The number of carbonyl (C=O) groups is 1. The second-order valence-corrected chi connectivity index (χ2v) is 10.2. The van der Waals surface area contributed by atoms with Crippen molar-refractivity contribution in [1.29, 1.82) is 5.26 Å². The van der Waals surface area contributed by atoms with Crippen molar-refractivity contribution < 1.29 is 4.79 Å². The largest absolute Gasteiger partial charge is 0.356 e. The van der Waals surface area contributed by atoms with Gasteiger partial charge < -0.3 is 15.5 Å². The van der Waals surface area contributed by atoms with E-state index in [-0.39, 0.29) is 18.0 Å². The molecule has 3 aliphatic rings. The van der Waals surface area contributed by atoms with E-state index in [1.165, 1.54) is 6.42 Å². The van der Waals surface area contributed by atoms with Gasteiger partial charge in [-0.3, -0.25) is 9.69 Å². The van der Waals surface area contributed by atoms with Crippen LogP contribution in [0, 0.1) is 11.3 Å². The molecular formula is C27H28ClN7O. The summed E-state index contributed by atoms with van der Waals surface area (Å²) >= 11 is 6.12. The van der Waals surface area contributed by atoms with E-state index in [9.17, 15) is 10.1 Å². The Morgan fingerprint density at radius 2 is 1.72 bits per heavy atom. The summed E-state index contributed by atoms with van der Waals surface area (Å²) in [6, 6.07) is 9.63. The zero-order chi connectivity index (χ0) is 25.0. The molecule has 2 aliphatic heterocycles. The molecule has 184 valence electrons. The van der Waals surface area contributed by atoms with Crippen LogP contribution in [-0.2, 0) is 11.2 Å². The standard InChI is InChI=1S/C27H28ClN7O/c1-3-34(4-2)25-19(15-29)21-18-14-20(36)35(17-10-8-16(28)9-11-17)26(18)31-24-22(21)23(30-25)32-27(33-24)12-6-5-7-13-27/h8-11H,3-7,12-14H2,1-2H3,(H,30,32)(H,31,33). The van der Waals surface area contributed by atoms with Crippen LogP contribution in [-0.4, -0.2) is 34.6 Å². The van der Waals surface area contributed by atoms with Crippen molar-refractivity contribution in [3.05, 3.63) is 40.4 Å². The summed E-state index contributed by atoms with van der Waals surface area (Å²) in [6.45, 7) is 5.58. The van der Waals surface area contributed by atoms with Crippen molar-refractivity contribution in [2.75, 3.05) is 33.5 Å². The van der Waals surface area contributed by atoms with Crippen LogP contribution < -0.4 is 20.4 Å². The van der Waals surface area contributed by atoms with Crippen molar-refractivity contribution in [1.82, 2.24) is 9.97 Å². The molecule has 2 aromatic heterocycles. The molecule has 1 saturated carbocycles. The number of nitrogens with one attached hydrogen (secondary N) is 2. The van der Waals surface area contributed by atoms with Crippen LogP contribution in [0.1, 0.15) is 57.1 Å². The number of halogens is 1. The molecule has 2 N–H and O–H groups in total. The summed E-state index contributed by atoms with van der Waals surface area (Å²) < 4.78 is 0. The Hall–Kier alpha value is -3.57. The summed E-state index contributed by atoms with van der Waals surface area (Å²) in [5, 5.41) is 19.9. The van der Waals surface area contributed by atoms with Crippen molar-refractivity contribution in [2.24, 2.45) is 0 Å². The van der Waals surface area contributed by atoms with Gasteiger partial charge in [-0.05, 0) is 63.8 Å².